The minimum atomic E-state index is -0.421. The second-order valence-electron chi connectivity index (χ2n) is 4.26. The molecule has 2 aromatic carbocycles. The molecule has 0 radical (unpaired) electrons. The van der Waals surface area contributed by atoms with Crippen LogP contribution < -0.4 is 0 Å². The summed E-state index contributed by atoms with van der Waals surface area (Å²) in [5, 5.41) is 10.2. The van der Waals surface area contributed by atoms with Crippen molar-refractivity contribution in [1.29, 1.82) is 0 Å². The minimum Gasteiger partial charge on any atom is -0.388 e. The molecule has 0 aromatic heterocycles. The molecule has 2 heteroatoms. The lowest BCUT2D eigenvalue weighted by Gasteiger charge is -2.11. The van der Waals surface area contributed by atoms with Crippen LogP contribution in [-0.2, 0) is 6.42 Å². The van der Waals surface area contributed by atoms with Gasteiger partial charge in [-0.3, -0.25) is 0 Å². The summed E-state index contributed by atoms with van der Waals surface area (Å²) in [6, 6.07) is 16.3. The molecule has 2 rings (SSSR count). The highest BCUT2D eigenvalue weighted by atomic mass is 127. The SMILES string of the molecule is Cc1cccc(C(O)Cc2ccc(I)cc2)c1. The van der Waals surface area contributed by atoms with Gasteiger partial charge in [0.05, 0.1) is 6.10 Å². The number of hydrogen-bond donors (Lipinski definition) is 1. The quantitative estimate of drug-likeness (QED) is 0.843. The third-order valence-corrected chi connectivity index (χ3v) is 3.49. The maximum absolute atomic E-state index is 10.2. The van der Waals surface area contributed by atoms with Gasteiger partial charge in [-0.05, 0) is 52.8 Å². The second kappa shape index (κ2) is 5.65. The van der Waals surface area contributed by atoms with Crippen LogP contribution in [0.5, 0.6) is 0 Å². The van der Waals surface area contributed by atoms with Gasteiger partial charge < -0.3 is 5.11 Å². The van der Waals surface area contributed by atoms with Crippen molar-refractivity contribution >= 4 is 22.6 Å². The molecule has 0 aliphatic carbocycles. The fraction of sp³-hybridized carbons (Fsp3) is 0.200. The molecule has 0 saturated carbocycles. The largest absolute Gasteiger partial charge is 0.388 e. The van der Waals surface area contributed by atoms with Gasteiger partial charge in [0.1, 0.15) is 0 Å². The van der Waals surface area contributed by atoms with Crippen LogP contribution >= 0.6 is 22.6 Å². The molecule has 1 unspecified atom stereocenters. The van der Waals surface area contributed by atoms with Crippen LogP contribution in [-0.4, -0.2) is 5.11 Å². The van der Waals surface area contributed by atoms with E-state index in [1.54, 1.807) is 0 Å². The normalized spacial score (nSPS) is 12.4. The molecule has 0 aliphatic heterocycles. The lowest BCUT2D eigenvalue weighted by Crippen LogP contribution is -2.01. The third-order valence-electron chi connectivity index (χ3n) is 2.77. The van der Waals surface area contributed by atoms with Crippen LogP contribution in [0.15, 0.2) is 48.5 Å². The van der Waals surface area contributed by atoms with Gasteiger partial charge in [0.15, 0.2) is 0 Å². The van der Waals surface area contributed by atoms with E-state index in [0.717, 1.165) is 5.56 Å². The number of aryl methyl sites for hydroxylation is 1. The van der Waals surface area contributed by atoms with Crippen LogP contribution in [0.3, 0.4) is 0 Å². The molecule has 1 nitrogen and oxygen atoms in total. The Morgan fingerprint density at radius 3 is 2.47 bits per heavy atom. The van der Waals surface area contributed by atoms with Crippen molar-refractivity contribution in [3.05, 3.63) is 68.8 Å². The molecular weight excluding hydrogens is 323 g/mol. The smallest absolute Gasteiger partial charge is 0.0830 e. The minimum absolute atomic E-state index is 0.421. The Labute approximate surface area is 116 Å². The van der Waals surface area contributed by atoms with E-state index in [2.05, 4.69) is 46.9 Å². The van der Waals surface area contributed by atoms with E-state index >= 15 is 0 Å². The van der Waals surface area contributed by atoms with E-state index in [-0.39, 0.29) is 0 Å². The number of rotatable bonds is 3. The van der Waals surface area contributed by atoms with E-state index in [4.69, 9.17) is 0 Å². The van der Waals surface area contributed by atoms with Crippen molar-refractivity contribution in [3.8, 4) is 0 Å². The highest BCUT2D eigenvalue weighted by Crippen LogP contribution is 2.19. The number of hydrogen-bond acceptors (Lipinski definition) is 1. The van der Waals surface area contributed by atoms with E-state index in [9.17, 15) is 5.11 Å². The van der Waals surface area contributed by atoms with Gasteiger partial charge in [-0.2, -0.15) is 0 Å². The summed E-state index contributed by atoms with van der Waals surface area (Å²) in [5.41, 5.74) is 3.34. The van der Waals surface area contributed by atoms with Gasteiger partial charge in [-0.25, -0.2) is 0 Å². The second-order valence-corrected chi connectivity index (χ2v) is 5.51. The molecule has 0 fully saturated rings. The summed E-state index contributed by atoms with van der Waals surface area (Å²) in [4.78, 5) is 0. The van der Waals surface area contributed by atoms with Crippen LogP contribution in [0.25, 0.3) is 0 Å². The fourth-order valence-electron chi connectivity index (χ4n) is 1.84. The van der Waals surface area contributed by atoms with Crippen molar-refractivity contribution in [2.24, 2.45) is 0 Å². The molecule has 0 amide bonds. The Kier molecular flexibility index (Phi) is 4.18. The molecule has 0 saturated heterocycles. The molecule has 0 bridgehead atoms. The lowest BCUT2D eigenvalue weighted by atomic mass is 10.0. The summed E-state index contributed by atoms with van der Waals surface area (Å²) in [5.74, 6) is 0. The summed E-state index contributed by atoms with van der Waals surface area (Å²) in [6.45, 7) is 2.04. The summed E-state index contributed by atoms with van der Waals surface area (Å²) < 4.78 is 1.22. The predicted molar refractivity (Wildman–Crippen MR) is 79.0 cm³/mol. The number of halogens is 1. The topological polar surface area (TPSA) is 20.2 Å². The van der Waals surface area contributed by atoms with Crippen molar-refractivity contribution < 1.29 is 5.11 Å². The van der Waals surface area contributed by atoms with Crippen molar-refractivity contribution in [2.75, 3.05) is 0 Å². The van der Waals surface area contributed by atoms with Crippen LogP contribution in [0.4, 0.5) is 0 Å². The first-order valence-electron chi connectivity index (χ1n) is 5.64. The molecule has 2 aromatic rings. The van der Waals surface area contributed by atoms with Gasteiger partial charge in [0.25, 0.3) is 0 Å². The average Bonchev–Trinajstić information content (AvgIpc) is 2.32. The first-order chi connectivity index (χ1) is 8.15. The van der Waals surface area contributed by atoms with E-state index < -0.39 is 6.10 Å². The summed E-state index contributed by atoms with van der Waals surface area (Å²) in [6.07, 6.45) is 0.246. The van der Waals surface area contributed by atoms with Crippen LogP contribution in [0.2, 0.25) is 0 Å². The average molecular weight is 338 g/mol. The zero-order valence-electron chi connectivity index (χ0n) is 9.73. The monoisotopic (exact) mass is 338 g/mol. The number of benzene rings is 2. The summed E-state index contributed by atoms with van der Waals surface area (Å²) >= 11 is 2.28. The highest BCUT2D eigenvalue weighted by Gasteiger charge is 2.08. The maximum Gasteiger partial charge on any atom is 0.0830 e. The molecule has 17 heavy (non-hydrogen) atoms. The Balaban J connectivity index is 2.11. The van der Waals surface area contributed by atoms with Gasteiger partial charge >= 0.3 is 0 Å². The van der Waals surface area contributed by atoms with Crippen LogP contribution in [0, 0.1) is 10.5 Å². The van der Waals surface area contributed by atoms with E-state index in [1.807, 2.05) is 31.2 Å². The fourth-order valence-corrected chi connectivity index (χ4v) is 2.20. The van der Waals surface area contributed by atoms with E-state index in [1.165, 1.54) is 14.7 Å². The Morgan fingerprint density at radius 2 is 1.82 bits per heavy atom. The first kappa shape index (κ1) is 12.6. The molecule has 0 aliphatic rings. The van der Waals surface area contributed by atoms with Crippen LogP contribution in [0.1, 0.15) is 22.8 Å². The lowest BCUT2D eigenvalue weighted by molar-refractivity contribution is 0.178. The zero-order valence-corrected chi connectivity index (χ0v) is 11.9. The Morgan fingerprint density at radius 1 is 1.12 bits per heavy atom. The van der Waals surface area contributed by atoms with Gasteiger partial charge in [-0.1, -0.05) is 42.0 Å². The Hall–Kier alpha value is -0.870. The molecule has 0 spiro atoms. The highest BCUT2D eigenvalue weighted by molar-refractivity contribution is 14.1. The molecule has 1 N–H and O–H groups in total. The van der Waals surface area contributed by atoms with Gasteiger partial charge in [0, 0.05) is 9.99 Å². The third kappa shape index (κ3) is 3.54. The standard InChI is InChI=1S/C15H15IO/c1-11-3-2-4-13(9-11)15(17)10-12-5-7-14(16)8-6-12/h2-9,15,17H,10H2,1H3. The van der Waals surface area contributed by atoms with Gasteiger partial charge in [-0.15, -0.1) is 0 Å². The molecule has 88 valence electrons. The van der Waals surface area contributed by atoms with Crippen molar-refractivity contribution in [1.82, 2.24) is 0 Å². The molecule has 0 heterocycles. The van der Waals surface area contributed by atoms with Gasteiger partial charge in [0.2, 0.25) is 0 Å². The van der Waals surface area contributed by atoms with Crippen molar-refractivity contribution in [2.45, 2.75) is 19.4 Å². The number of aliphatic hydroxyl groups is 1. The zero-order chi connectivity index (χ0) is 12.3. The number of aliphatic hydroxyl groups excluding tert-OH is 1. The Bertz CT molecular complexity index is 491. The molecular formula is C15H15IO. The first-order valence-corrected chi connectivity index (χ1v) is 6.72. The predicted octanol–water partition coefficient (Wildman–Crippen LogP) is 3.88. The van der Waals surface area contributed by atoms with Crippen molar-refractivity contribution in [3.63, 3.8) is 0 Å². The van der Waals surface area contributed by atoms with E-state index in [0.29, 0.717) is 6.42 Å². The molecule has 1 atom stereocenters. The summed E-state index contributed by atoms with van der Waals surface area (Å²) in [7, 11) is 0. The maximum atomic E-state index is 10.2.